The van der Waals surface area contributed by atoms with Gasteiger partial charge in [-0.1, -0.05) is 12.1 Å². The van der Waals surface area contributed by atoms with Gasteiger partial charge in [0.1, 0.15) is 5.82 Å². The van der Waals surface area contributed by atoms with Crippen molar-refractivity contribution in [2.75, 3.05) is 0 Å². The normalized spacial score (nSPS) is 10.9. The number of benzene rings is 2. The van der Waals surface area contributed by atoms with Gasteiger partial charge >= 0.3 is 0 Å². The Bertz CT molecular complexity index is 688. The molecule has 0 aliphatic rings. The number of para-hydroxylation sites is 1. The fourth-order valence-electron chi connectivity index (χ4n) is 1.97. The summed E-state index contributed by atoms with van der Waals surface area (Å²) in [4.78, 5) is 0. The van der Waals surface area contributed by atoms with Gasteiger partial charge in [0.2, 0.25) is 0 Å². The van der Waals surface area contributed by atoms with Gasteiger partial charge < -0.3 is 4.57 Å². The van der Waals surface area contributed by atoms with Gasteiger partial charge in [0.05, 0.1) is 11.2 Å². The number of halogens is 2. The summed E-state index contributed by atoms with van der Waals surface area (Å²) in [5.41, 5.74) is 2.14. The molecule has 0 amide bonds. The van der Waals surface area contributed by atoms with Crippen molar-refractivity contribution in [1.29, 1.82) is 0 Å². The summed E-state index contributed by atoms with van der Waals surface area (Å²) in [6, 6.07) is 14.9. The molecule has 17 heavy (non-hydrogen) atoms. The van der Waals surface area contributed by atoms with E-state index in [0.29, 0.717) is 0 Å². The van der Waals surface area contributed by atoms with Crippen LogP contribution in [0.25, 0.3) is 16.6 Å². The summed E-state index contributed by atoms with van der Waals surface area (Å²) >= 11 is 2.31. The standard InChI is InChI=1S/C14H9FIN/c15-11-5-6-13-10(9-11)7-8-17(13)14-4-2-1-3-12(14)16/h1-9H. The van der Waals surface area contributed by atoms with E-state index < -0.39 is 0 Å². The van der Waals surface area contributed by atoms with E-state index >= 15 is 0 Å². The molecular formula is C14H9FIN. The van der Waals surface area contributed by atoms with Crippen LogP contribution in [0.15, 0.2) is 54.7 Å². The average molecular weight is 337 g/mol. The van der Waals surface area contributed by atoms with Crippen molar-refractivity contribution in [3.05, 3.63) is 64.1 Å². The summed E-state index contributed by atoms with van der Waals surface area (Å²) in [5, 5.41) is 0.921. The van der Waals surface area contributed by atoms with E-state index in [9.17, 15) is 4.39 Å². The molecule has 3 rings (SSSR count). The van der Waals surface area contributed by atoms with Crippen LogP contribution >= 0.6 is 22.6 Å². The Kier molecular flexibility index (Phi) is 2.63. The van der Waals surface area contributed by atoms with E-state index in [1.54, 1.807) is 6.07 Å². The molecule has 1 heterocycles. The lowest BCUT2D eigenvalue weighted by molar-refractivity contribution is 0.629. The highest BCUT2D eigenvalue weighted by atomic mass is 127. The predicted molar refractivity (Wildman–Crippen MR) is 76.0 cm³/mol. The lowest BCUT2D eigenvalue weighted by atomic mass is 10.2. The fourth-order valence-corrected chi connectivity index (χ4v) is 2.62. The zero-order valence-corrected chi connectivity index (χ0v) is 11.1. The lowest BCUT2D eigenvalue weighted by Gasteiger charge is -2.07. The zero-order chi connectivity index (χ0) is 11.8. The molecule has 3 heteroatoms. The number of rotatable bonds is 1. The second-order valence-corrected chi connectivity index (χ2v) is 5.00. The smallest absolute Gasteiger partial charge is 0.123 e. The summed E-state index contributed by atoms with van der Waals surface area (Å²) in [6.07, 6.45) is 1.97. The van der Waals surface area contributed by atoms with E-state index in [0.717, 1.165) is 16.6 Å². The molecule has 3 aromatic rings. The molecule has 1 nitrogen and oxygen atoms in total. The number of nitrogens with zero attached hydrogens (tertiary/aromatic N) is 1. The summed E-state index contributed by atoms with van der Waals surface area (Å²) < 4.78 is 16.4. The van der Waals surface area contributed by atoms with Crippen LogP contribution in [0.1, 0.15) is 0 Å². The number of fused-ring (bicyclic) bond motifs is 1. The molecule has 0 N–H and O–H groups in total. The van der Waals surface area contributed by atoms with E-state index in [2.05, 4.69) is 39.3 Å². The first-order chi connectivity index (χ1) is 8.25. The van der Waals surface area contributed by atoms with Crippen LogP contribution in [0.3, 0.4) is 0 Å². The van der Waals surface area contributed by atoms with Gasteiger partial charge in [0, 0.05) is 15.2 Å². The minimum Gasteiger partial charge on any atom is -0.315 e. The molecule has 0 fully saturated rings. The van der Waals surface area contributed by atoms with E-state index in [4.69, 9.17) is 0 Å². The van der Waals surface area contributed by atoms with Crippen molar-refractivity contribution in [2.24, 2.45) is 0 Å². The Morgan fingerprint density at radius 2 is 1.82 bits per heavy atom. The van der Waals surface area contributed by atoms with Gasteiger partial charge in [-0.25, -0.2) is 4.39 Å². The maximum atomic E-state index is 13.1. The topological polar surface area (TPSA) is 4.93 Å². The van der Waals surface area contributed by atoms with Crippen molar-refractivity contribution in [2.45, 2.75) is 0 Å². The van der Waals surface area contributed by atoms with Crippen molar-refractivity contribution in [3.8, 4) is 5.69 Å². The SMILES string of the molecule is Fc1ccc2c(ccn2-c2ccccc2I)c1. The molecule has 0 saturated heterocycles. The number of hydrogen-bond acceptors (Lipinski definition) is 0. The van der Waals surface area contributed by atoms with Gasteiger partial charge in [0.15, 0.2) is 0 Å². The van der Waals surface area contributed by atoms with Crippen LogP contribution in [0.5, 0.6) is 0 Å². The first-order valence-corrected chi connectivity index (χ1v) is 6.35. The van der Waals surface area contributed by atoms with E-state index in [1.807, 2.05) is 30.5 Å². The van der Waals surface area contributed by atoms with Gasteiger partial charge in [-0.15, -0.1) is 0 Å². The lowest BCUT2D eigenvalue weighted by Crippen LogP contribution is -1.94. The van der Waals surface area contributed by atoms with Crippen LogP contribution in [-0.4, -0.2) is 4.57 Å². The average Bonchev–Trinajstić information content (AvgIpc) is 2.72. The molecule has 0 unspecified atom stereocenters. The van der Waals surface area contributed by atoms with Crippen LogP contribution < -0.4 is 0 Å². The highest BCUT2D eigenvalue weighted by Gasteiger charge is 2.06. The van der Waals surface area contributed by atoms with Crippen LogP contribution in [0.4, 0.5) is 4.39 Å². The summed E-state index contributed by atoms with van der Waals surface area (Å²) in [5.74, 6) is -0.196. The molecule has 0 bridgehead atoms. The Hall–Kier alpha value is -1.36. The molecule has 2 aromatic carbocycles. The first kappa shape index (κ1) is 10.8. The second-order valence-electron chi connectivity index (χ2n) is 3.84. The minimum absolute atomic E-state index is 0.196. The molecule has 0 saturated carbocycles. The van der Waals surface area contributed by atoms with Gasteiger partial charge in [-0.3, -0.25) is 0 Å². The van der Waals surface area contributed by atoms with E-state index in [1.165, 1.54) is 9.64 Å². The maximum Gasteiger partial charge on any atom is 0.123 e. The molecular weight excluding hydrogens is 328 g/mol. The molecule has 0 atom stereocenters. The maximum absolute atomic E-state index is 13.1. The second kappa shape index (κ2) is 4.14. The first-order valence-electron chi connectivity index (χ1n) is 5.27. The van der Waals surface area contributed by atoms with Crippen LogP contribution in [-0.2, 0) is 0 Å². The monoisotopic (exact) mass is 337 g/mol. The Morgan fingerprint density at radius 3 is 2.65 bits per heavy atom. The fraction of sp³-hybridized carbons (Fsp3) is 0. The quantitative estimate of drug-likeness (QED) is 0.581. The molecule has 0 radical (unpaired) electrons. The van der Waals surface area contributed by atoms with Crippen molar-refractivity contribution >= 4 is 33.5 Å². The van der Waals surface area contributed by atoms with Crippen LogP contribution in [0, 0.1) is 9.39 Å². The van der Waals surface area contributed by atoms with E-state index in [-0.39, 0.29) is 5.82 Å². The predicted octanol–water partition coefficient (Wildman–Crippen LogP) is 4.37. The molecule has 1 aromatic heterocycles. The molecule has 0 spiro atoms. The highest BCUT2D eigenvalue weighted by molar-refractivity contribution is 14.1. The van der Waals surface area contributed by atoms with Crippen molar-refractivity contribution in [3.63, 3.8) is 0 Å². The Labute approximate surface area is 112 Å². The minimum atomic E-state index is -0.196. The summed E-state index contributed by atoms with van der Waals surface area (Å²) in [6.45, 7) is 0. The van der Waals surface area contributed by atoms with Gasteiger partial charge in [-0.2, -0.15) is 0 Å². The largest absolute Gasteiger partial charge is 0.315 e. The van der Waals surface area contributed by atoms with Gasteiger partial charge in [-0.05, 0) is 59.0 Å². The molecule has 0 aliphatic heterocycles. The zero-order valence-electron chi connectivity index (χ0n) is 8.90. The van der Waals surface area contributed by atoms with Crippen LogP contribution in [0.2, 0.25) is 0 Å². The summed E-state index contributed by atoms with van der Waals surface area (Å²) in [7, 11) is 0. The third kappa shape index (κ3) is 1.84. The number of hydrogen-bond donors (Lipinski definition) is 0. The molecule has 84 valence electrons. The third-order valence-corrected chi connectivity index (χ3v) is 3.68. The third-order valence-electron chi connectivity index (χ3n) is 2.76. The van der Waals surface area contributed by atoms with Crippen molar-refractivity contribution in [1.82, 2.24) is 4.57 Å². The highest BCUT2D eigenvalue weighted by Crippen LogP contribution is 2.24. The van der Waals surface area contributed by atoms with Gasteiger partial charge in [0.25, 0.3) is 0 Å². The number of aromatic nitrogens is 1. The Morgan fingerprint density at radius 1 is 1.00 bits per heavy atom. The molecule has 0 aliphatic carbocycles. The van der Waals surface area contributed by atoms with Crippen molar-refractivity contribution < 1.29 is 4.39 Å². The Balaban J connectivity index is 2.29.